The van der Waals surface area contributed by atoms with Gasteiger partial charge in [-0.25, -0.2) is 0 Å². The normalized spacial score (nSPS) is 11.0. The van der Waals surface area contributed by atoms with Crippen LogP contribution in [0.3, 0.4) is 0 Å². The number of fused-ring (bicyclic) bond motifs is 1. The van der Waals surface area contributed by atoms with Gasteiger partial charge in [0.15, 0.2) is 5.58 Å². The summed E-state index contributed by atoms with van der Waals surface area (Å²) in [5.74, 6) is -0.463. The number of carbonyl (C=O) groups excluding carboxylic acids is 1. The average Bonchev–Trinajstić information content (AvgIpc) is 2.90. The molecule has 0 radical (unpaired) electrons. The SMILES string of the molecule is Cc1cc2oc(NC(=O)c3ccn(C)c(=O)c3)nc2c(C)c1Cl. The molecule has 23 heavy (non-hydrogen) atoms. The molecule has 118 valence electrons. The standard InChI is InChI=1S/C16H14ClN3O3/c1-8-6-11-14(9(2)13(8)17)18-16(23-11)19-15(22)10-4-5-20(3)12(21)7-10/h4-7H,1-3H3,(H,18,19,22). The Balaban J connectivity index is 1.95. The summed E-state index contributed by atoms with van der Waals surface area (Å²) in [6.07, 6.45) is 1.52. The van der Waals surface area contributed by atoms with E-state index < -0.39 is 5.91 Å². The number of hydrogen-bond acceptors (Lipinski definition) is 4. The maximum atomic E-state index is 12.2. The lowest BCUT2D eigenvalue weighted by molar-refractivity contribution is 0.102. The summed E-state index contributed by atoms with van der Waals surface area (Å²) in [5.41, 5.74) is 2.77. The van der Waals surface area contributed by atoms with Gasteiger partial charge in [-0.1, -0.05) is 11.6 Å². The van der Waals surface area contributed by atoms with Gasteiger partial charge in [-0.15, -0.1) is 0 Å². The molecule has 0 bridgehead atoms. The van der Waals surface area contributed by atoms with Crippen molar-refractivity contribution in [3.63, 3.8) is 0 Å². The molecule has 0 saturated carbocycles. The minimum absolute atomic E-state index is 0.0652. The van der Waals surface area contributed by atoms with Crippen molar-refractivity contribution in [2.45, 2.75) is 13.8 Å². The highest BCUT2D eigenvalue weighted by molar-refractivity contribution is 6.33. The van der Waals surface area contributed by atoms with Gasteiger partial charge in [0.25, 0.3) is 11.5 Å². The number of carbonyl (C=O) groups is 1. The van der Waals surface area contributed by atoms with Crippen molar-refractivity contribution in [3.05, 3.63) is 56.5 Å². The predicted octanol–water partition coefficient (Wildman–Crippen LogP) is 3.05. The van der Waals surface area contributed by atoms with Crippen LogP contribution in [-0.4, -0.2) is 15.5 Å². The maximum absolute atomic E-state index is 12.2. The monoisotopic (exact) mass is 331 g/mol. The summed E-state index contributed by atoms with van der Waals surface area (Å²) in [4.78, 5) is 28.0. The van der Waals surface area contributed by atoms with Crippen LogP contribution in [0.1, 0.15) is 21.5 Å². The molecule has 0 unspecified atom stereocenters. The first-order chi connectivity index (χ1) is 10.9. The minimum atomic E-state index is -0.463. The third-order valence-electron chi connectivity index (χ3n) is 3.62. The van der Waals surface area contributed by atoms with E-state index in [9.17, 15) is 9.59 Å². The molecule has 0 atom stereocenters. The molecular formula is C16H14ClN3O3. The average molecular weight is 332 g/mol. The van der Waals surface area contributed by atoms with E-state index in [0.29, 0.717) is 16.1 Å². The quantitative estimate of drug-likeness (QED) is 0.783. The van der Waals surface area contributed by atoms with Crippen molar-refractivity contribution in [2.75, 3.05) is 5.32 Å². The van der Waals surface area contributed by atoms with Crippen molar-refractivity contribution >= 4 is 34.6 Å². The zero-order valence-electron chi connectivity index (χ0n) is 12.8. The van der Waals surface area contributed by atoms with Crippen molar-refractivity contribution in [1.82, 2.24) is 9.55 Å². The fourth-order valence-electron chi connectivity index (χ4n) is 2.27. The number of halogens is 1. The molecule has 1 aromatic carbocycles. The van der Waals surface area contributed by atoms with Crippen LogP contribution in [0.4, 0.5) is 6.01 Å². The zero-order valence-corrected chi connectivity index (χ0v) is 13.6. The molecule has 0 saturated heterocycles. The lowest BCUT2D eigenvalue weighted by atomic mass is 10.1. The molecule has 0 fully saturated rings. The smallest absolute Gasteiger partial charge is 0.302 e. The maximum Gasteiger partial charge on any atom is 0.302 e. The van der Waals surface area contributed by atoms with Crippen LogP contribution in [0, 0.1) is 13.8 Å². The van der Waals surface area contributed by atoms with Crippen molar-refractivity contribution in [2.24, 2.45) is 7.05 Å². The van der Waals surface area contributed by atoms with Gasteiger partial charge < -0.3 is 8.98 Å². The molecule has 2 aromatic heterocycles. The summed E-state index contributed by atoms with van der Waals surface area (Å²) in [6.45, 7) is 3.71. The Bertz CT molecular complexity index is 988. The molecule has 1 amide bonds. The molecule has 1 N–H and O–H groups in total. The molecule has 0 aliphatic heterocycles. The van der Waals surface area contributed by atoms with Crippen LogP contribution < -0.4 is 10.9 Å². The molecule has 0 spiro atoms. The summed E-state index contributed by atoms with van der Waals surface area (Å²) in [7, 11) is 1.61. The van der Waals surface area contributed by atoms with E-state index in [1.165, 1.54) is 16.8 Å². The lowest BCUT2D eigenvalue weighted by Crippen LogP contribution is -2.20. The second kappa shape index (κ2) is 5.55. The Hall–Kier alpha value is -2.60. The molecule has 3 aromatic rings. The van der Waals surface area contributed by atoms with Crippen molar-refractivity contribution < 1.29 is 9.21 Å². The first kappa shape index (κ1) is 15.3. The van der Waals surface area contributed by atoms with Crippen molar-refractivity contribution in [1.29, 1.82) is 0 Å². The highest BCUT2D eigenvalue weighted by Crippen LogP contribution is 2.30. The summed E-state index contributed by atoms with van der Waals surface area (Å²) >= 11 is 6.19. The number of nitrogens with zero attached hydrogens (tertiary/aromatic N) is 2. The highest BCUT2D eigenvalue weighted by atomic mass is 35.5. The Kier molecular flexibility index (Phi) is 3.69. The van der Waals surface area contributed by atoms with Crippen LogP contribution in [0.25, 0.3) is 11.1 Å². The number of anilines is 1. The van der Waals surface area contributed by atoms with E-state index >= 15 is 0 Å². The number of pyridine rings is 1. The second-order valence-electron chi connectivity index (χ2n) is 5.32. The van der Waals surface area contributed by atoms with E-state index in [-0.39, 0.29) is 17.1 Å². The minimum Gasteiger partial charge on any atom is -0.423 e. The predicted molar refractivity (Wildman–Crippen MR) is 88.1 cm³/mol. The summed E-state index contributed by atoms with van der Waals surface area (Å²) in [6, 6.07) is 4.64. The highest BCUT2D eigenvalue weighted by Gasteiger charge is 2.15. The number of hydrogen-bond donors (Lipinski definition) is 1. The lowest BCUT2D eigenvalue weighted by Gasteiger charge is -2.01. The Labute approximate surface area is 136 Å². The fraction of sp³-hybridized carbons (Fsp3) is 0.188. The number of nitrogens with one attached hydrogen (secondary N) is 1. The summed E-state index contributed by atoms with van der Waals surface area (Å²) < 4.78 is 6.93. The van der Waals surface area contributed by atoms with Crippen LogP contribution >= 0.6 is 11.6 Å². The molecule has 7 heteroatoms. The zero-order chi connectivity index (χ0) is 16.7. The molecule has 0 aliphatic carbocycles. The van der Waals surface area contributed by atoms with E-state index in [0.717, 1.165) is 11.1 Å². The van der Waals surface area contributed by atoms with E-state index in [1.807, 2.05) is 13.8 Å². The van der Waals surface area contributed by atoms with Crippen LogP contribution in [0.15, 0.2) is 33.6 Å². The number of aromatic nitrogens is 2. The van der Waals surface area contributed by atoms with Gasteiger partial charge in [-0.2, -0.15) is 4.98 Å². The number of rotatable bonds is 2. The second-order valence-corrected chi connectivity index (χ2v) is 5.69. The van der Waals surface area contributed by atoms with Gasteiger partial charge in [0, 0.05) is 29.9 Å². The fourth-order valence-corrected chi connectivity index (χ4v) is 2.41. The topological polar surface area (TPSA) is 77.1 Å². The van der Waals surface area contributed by atoms with Crippen LogP contribution in [-0.2, 0) is 7.05 Å². The number of amides is 1. The Morgan fingerprint density at radius 1 is 1.35 bits per heavy atom. The molecule has 6 nitrogen and oxygen atoms in total. The van der Waals surface area contributed by atoms with Gasteiger partial charge in [-0.05, 0) is 37.1 Å². The number of oxazole rings is 1. The molecule has 3 rings (SSSR count). The van der Waals surface area contributed by atoms with Crippen LogP contribution in [0.2, 0.25) is 5.02 Å². The van der Waals surface area contributed by atoms with Gasteiger partial charge in [0.05, 0.1) is 0 Å². The van der Waals surface area contributed by atoms with E-state index in [1.54, 1.807) is 19.2 Å². The van der Waals surface area contributed by atoms with Gasteiger partial charge in [-0.3, -0.25) is 14.9 Å². The molecule has 0 aliphatic rings. The van der Waals surface area contributed by atoms with Gasteiger partial charge >= 0.3 is 6.01 Å². The van der Waals surface area contributed by atoms with E-state index in [4.69, 9.17) is 16.0 Å². The van der Waals surface area contributed by atoms with Crippen LogP contribution in [0.5, 0.6) is 0 Å². The Morgan fingerprint density at radius 2 is 2.09 bits per heavy atom. The number of benzene rings is 1. The van der Waals surface area contributed by atoms with Gasteiger partial charge in [0.2, 0.25) is 0 Å². The number of aryl methyl sites for hydroxylation is 3. The van der Waals surface area contributed by atoms with Crippen molar-refractivity contribution in [3.8, 4) is 0 Å². The Morgan fingerprint density at radius 3 is 2.78 bits per heavy atom. The third kappa shape index (κ3) is 2.73. The largest absolute Gasteiger partial charge is 0.423 e. The molecule has 2 heterocycles. The molecular weight excluding hydrogens is 318 g/mol. The van der Waals surface area contributed by atoms with E-state index in [2.05, 4.69) is 10.3 Å². The third-order valence-corrected chi connectivity index (χ3v) is 4.20. The van der Waals surface area contributed by atoms with Gasteiger partial charge in [0.1, 0.15) is 5.52 Å². The first-order valence-electron chi connectivity index (χ1n) is 6.91. The first-order valence-corrected chi connectivity index (χ1v) is 7.29. The summed E-state index contributed by atoms with van der Waals surface area (Å²) in [5, 5.41) is 3.17.